The van der Waals surface area contributed by atoms with Crippen molar-refractivity contribution in [3.63, 3.8) is 0 Å². The summed E-state index contributed by atoms with van der Waals surface area (Å²) in [7, 11) is 0. The van der Waals surface area contributed by atoms with E-state index in [0.717, 1.165) is 12.0 Å². The molecule has 0 aliphatic carbocycles. The van der Waals surface area contributed by atoms with Gasteiger partial charge in [0.1, 0.15) is 0 Å². The summed E-state index contributed by atoms with van der Waals surface area (Å²) in [6.45, 7) is 5.53. The number of amides is 1. The topological polar surface area (TPSA) is 46.2 Å². The molecule has 3 heteroatoms. The van der Waals surface area contributed by atoms with Crippen molar-refractivity contribution in [2.24, 2.45) is 5.92 Å². The van der Waals surface area contributed by atoms with Crippen molar-refractivity contribution in [1.82, 2.24) is 5.32 Å². The van der Waals surface area contributed by atoms with Crippen molar-refractivity contribution in [2.75, 3.05) is 0 Å². The van der Waals surface area contributed by atoms with Crippen molar-refractivity contribution in [2.45, 2.75) is 39.7 Å². The quantitative estimate of drug-likeness (QED) is 0.838. The molecule has 0 bridgehead atoms. The van der Waals surface area contributed by atoms with Gasteiger partial charge in [-0.3, -0.25) is 9.59 Å². The zero-order chi connectivity index (χ0) is 13.5. The number of rotatable bonds is 6. The van der Waals surface area contributed by atoms with Crippen molar-refractivity contribution in [3.8, 4) is 0 Å². The van der Waals surface area contributed by atoms with Gasteiger partial charge in [0, 0.05) is 0 Å². The molecule has 0 saturated heterocycles. The fourth-order valence-electron chi connectivity index (χ4n) is 1.89. The second-order valence-corrected chi connectivity index (χ2v) is 4.70. The summed E-state index contributed by atoms with van der Waals surface area (Å²) in [5.41, 5.74) is 0.960. The molecule has 98 valence electrons. The zero-order valence-electron chi connectivity index (χ0n) is 11.3. The van der Waals surface area contributed by atoms with Crippen LogP contribution in [0.25, 0.3) is 0 Å². The van der Waals surface area contributed by atoms with Gasteiger partial charge in [0.05, 0.1) is 12.5 Å². The van der Waals surface area contributed by atoms with E-state index in [2.05, 4.69) is 5.32 Å². The van der Waals surface area contributed by atoms with Gasteiger partial charge >= 0.3 is 0 Å². The van der Waals surface area contributed by atoms with Crippen LogP contribution in [0, 0.1) is 5.92 Å². The zero-order valence-corrected chi connectivity index (χ0v) is 11.3. The second-order valence-electron chi connectivity index (χ2n) is 4.70. The Morgan fingerprint density at radius 2 is 1.83 bits per heavy atom. The molecule has 1 aromatic carbocycles. The van der Waals surface area contributed by atoms with Crippen molar-refractivity contribution >= 4 is 11.7 Å². The third-order valence-electron chi connectivity index (χ3n) is 3.17. The number of carbonyl (C=O) groups is 2. The highest BCUT2D eigenvalue weighted by atomic mass is 16.2. The van der Waals surface area contributed by atoms with Crippen LogP contribution in [0.5, 0.6) is 0 Å². The lowest BCUT2D eigenvalue weighted by Gasteiger charge is -2.21. The van der Waals surface area contributed by atoms with Crippen molar-refractivity contribution in [3.05, 3.63) is 35.9 Å². The van der Waals surface area contributed by atoms with E-state index < -0.39 is 0 Å². The standard InChI is InChI=1S/C15H21NO2/c1-4-11(2)15(12(3)17)16-14(18)10-13-8-6-5-7-9-13/h5-9,11,15H,4,10H2,1-3H3,(H,16,18)/t11-,15-/m0/s1. The van der Waals surface area contributed by atoms with Gasteiger partial charge in [0.25, 0.3) is 0 Å². The van der Waals surface area contributed by atoms with Crippen LogP contribution in [-0.2, 0) is 16.0 Å². The number of hydrogen-bond acceptors (Lipinski definition) is 2. The summed E-state index contributed by atoms with van der Waals surface area (Å²) >= 11 is 0. The molecule has 18 heavy (non-hydrogen) atoms. The van der Waals surface area contributed by atoms with E-state index in [-0.39, 0.29) is 23.7 Å². The first-order valence-corrected chi connectivity index (χ1v) is 6.38. The van der Waals surface area contributed by atoms with Crippen LogP contribution in [0.4, 0.5) is 0 Å². The fourth-order valence-corrected chi connectivity index (χ4v) is 1.89. The third kappa shape index (κ3) is 4.32. The molecule has 0 heterocycles. The first kappa shape index (κ1) is 14.4. The number of carbonyl (C=O) groups excluding carboxylic acids is 2. The second kappa shape index (κ2) is 6.94. The Balaban J connectivity index is 2.60. The minimum atomic E-state index is -0.369. The molecule has 1 aromatic rings. The van der Waals surface area contributed by atoms with Gasteiger partial charge in [-0.25, -0.2) is 0 Å². The van der Waals surface area contributed by atoms with Crippen LogP contribution in [0.2, 0.25) is 0 Å². The summed E-state index contributed by atoms with van der Waals surface area (Å²) < 4.78 is 0. The third-order valence-corrected chi connectivity index (χ3v) is 3.17. The van der Waals surface area contributed by atoms with Gasteiger partial charge in [-0.1, -0.05) is 50.6 Å². The maximum Gasteiger partial charge on any atom is 0.225 e. The van der Waals surface area contributed by atoms with Gasteiger partial charge in [0.15, 0.2) is 5.78 Å². The van der Waals surface area contributed by atoms with Crippen LogP contribution in [0.3, 0.4) is 0 Å². The Morgan fingerprint density at radius 3 is 2.33 bits per heavy atom. The summed E-state index contributed by atoms with van der Waals surface area (Å²) in [6.07, 6.45) is 1.19. The summed E-state index contributed by atoms with van der Waals surface area (Å²) in [5, 5.41) is 2.83. The summed E-state index contributed by atoms with van der Waals surface area (Å²) in [6, 6.07) is 9.17. The lowest BCUT2D eigenvalue weighted by atomic mass is 9.96. The minimum absolute atomic E-state index is 0.0192. The molecular formula is C15H21NO2. The van der Waals surface area contributed by atoms with E-state index in [1.165, 1.54) is 6.92 Å². The normalized spacial score (nSPS) is 13.7. The van der Waals surface area contributed by atoms with Crippen LogP contribution < -0.4 is 5.32 Å². The first-order chi connectivity index (χ1) is 8.54. The van der Waals surface area contributed by atoms with Gasteiger partial charge in [0.2, 0.25) is 5.91 Å². The van der Waals surface area contributed by atoms with E-state index in [9.17, 15) is 9.59 Å². The summed E-state index contributed by atoms with van der Waals surface area (Å²) in [5.74, 6) is 0.0923. The van der Waals surface area contributed by atoms with Crippen LogP contribution in [-0.4, -0.2) is 17.7 Å². The van der Waals surface area contributed by atoms with Crippen LogP contribution in [0.1, 0.15) is 32.8 Å². The van der Waals surface area contributed by atoms with Gasteiger partial charge in [-0.15, -0.1) is 0 Å². The largest absolute Gasteiger partial charge is 0.346 e. The van der Waals surface area contributed by atoms with E-state index in [1.807, 2.05) is 44.2 Å². The molecule has 0 spiro atoms. The average molecular weight is 247 g/mol. The Labute approximate surface area is 109 Å². The summed E-state index contributed by atoms with van der Waals surface area (Å²) in [4.78, 5) is 23.4. The average Bonchev–Trinajstić information content (AvgIpc) is 2.36. The Morgan fingerprint density at radius 1 is 1.22 bits per heavy atom. The molecule has 1 rings (SSSR count). The Hall–Kier alpha value is -1.64. The van der Waals surface area contributed by atoms with E-state index in [4.69, 9.17) is 0 Å². The Kier molecular flexibility index (Phi) is 5.56. The lowest BCUT2D eigenvalue weighted by Crippen LogP contribution is -2.44. The number of nitrogens with one attached hydrogen (secondary N) is 1. The molecule has 0 radical (unpaired) electrons. The molecule has 2 atom stereocenters. The van der Waals surface area contributed by atoms with Gasteiger partial charge < -0.3 is 5.32 Å². The molecule has 0 saturated carbocycles. The maximum atomic E-state index is 11.9. The molecule has 0 unspecified atom stereocenters. The SMILES string of the molecule is CC[C@H](C)[C@H](NC(=O)Cc1ccccc1)C(C)=O. The molecule has 0 aliphatic heterocycles. The minimum Gasteiger partial charge on any atom is -0.346 e. The fraction of sp³-hybridized carbons (Fsp3) is 0.467. The number of hydrogen-bond donors (Lipinski definition) is 1. The van der Waals surface area contributed by atoms with E-state index in [0.29, 0.717) is 6.42 Å². The predicted octanol–water partition coefficient (Wildman–Crippen LogP) is 2.35. The number of Topliss-reactive ketones (excluding diaryl/α,β-unsaturated/α-hetero) is 1. The molecule has 0 aliphatic rings. The van der Waals surface area contributed by atoms with Crippen molar-refractivity contribution in [1.29, 1.82) is 0 Å². The van der Waals surface area contributed by atoms with E-state index in [1.54, 1.807) is 0 Å². The van der Waals surface area contributed by atoms with Crippen molar-refractivity contribution < 1.29 is 9.59 Å². The Bertz CT molecular complexity index is 400. The van der Waals surface area contributed by atoms with Crippen LogP contribution in [0.15, 0.2) is 30.3 Å². The first-order valence-electron chi connectivity index (χ1n) is 6.38. The molecule has 0 aromatic heterocycles. The monoisotopic (exact) mass is 247 g/mol. The van der Waals surface area contributed by atoms with Crippen LogP contribution >= 0.6 is 0 Å². The van der Waals surface area contributed by atoms with E-state index >= 15 is 0 Å². The lowest BCUT2D eigenvalue weighted by molar-refractivity contribution is -0.127. The molecule has 1 amide bonds. The molecule has 0 fully saturated rings. The predicted molar refractivity (Wildman–Crippen MR) is 72.2 cm³/mol. The molecular weight excluding hydrogens is 226 g/mol. The number of ketones is 1. The molecule has 1 N–H and O–H groups in total. The maximum absolute atomic E-state index is 11.9. The molecule has 3 nitrogen and oxygen atoms in total. The highest BCUT2D eigenvalue weighted by molar-refractivity contribution is 5.88. The highest BCUT2D eigenvalue weighted by Crippen LogP contribution is 2.09. The highest BCUT2D eigenvalue weighted by Gasteiger charge is 2.22. The van der Waals surface area contributed by atoms with Gasteiger partial charge in [-0.05, 0) is 18.4 Å². The number of benzene rings is 1. The van der Waals surface area contributed by atoms with Gasteiger partial charge in [-0.2, -0.15) is 0 Å². The smallest absolute Gasteiger partial charge is 0.225 e.